The van der Waals surface area contributed by atoms with Crippen molar-refractivity contribution in [1.82, 2.24) is 0 Å². The van der Waals surface area contributed by atoms with E-state index in [1.54, 1.807) is 42.5 Å². The van der Waals surface area contributed by atoms with E-state index in [9.17, 15) is 14.4 Å². The molecule has 1 heterocycles. The van der Waals surface area contributed by atoms with Crippen molar-refractivity contribution in [3.63, 3.8) is 0 Å². The zero-order chi connectivity index (χ0) is 20.3. The number of hydrogen-bond acceptors (Lipinski definition) is 4. The van der Waals surface area contributed by atoms with Crippen molar-refractivity contribution in [2.24, 2.45) is 5.92 Å². The molecule has 0 radical (unpaired) electrons. The highest BCUT2D eigenvalue weighted by atomic mass is 79.9. The zero-order valence-electron chi connectivity index (χ0n) is 14.5. The second-order valence-electron chi connectivity index (χ2n) is 6.14. The van der Waals surface area contributed by atoms with Gasteiger partial charge < -0.3 is 15.0 Å². The van der Waals surface area contributed by atoms with Crippen molar-refractivity contribution in [3.8, 4) is 0 Å². The lowest BCUT2D eigenvalue weighted by Gasteiger charge is -2.17. The third kappa shape index (κ3) is 4.84. The molecule has 6 nitrogen and oxygen atoms in total. The number of carbonyl (C=O) groups is 3. The predicted octanol–water partition coefficient (Wildman–Crippen LogP) is 4.29. The Morgan fingerprint density at radius 2 is 1.93 bits per heavy atom. The Kier molecular flexibility index (Phi) is 6.59. The lowest BCUT2D eigenvalue weighted by molar-refractivity contribution is -0.151. The summed E-state index contributed by atoms with van der Waals surface area (Å²) in [7, 11) is 0. The summed E-state index contributed by atoms with van der Waals surface area (Å²) >= 11 is 15.4. The molecule has 2 amide bonds. The Labute approximate surface area is 179 Å². The highest BCUT2D eigenvalue weighted by molar-refractivity contribution is 9.10. The van der Waals surface area contributed by atoms with Crippen molar-refractivity contribution in [2.45, 2.75) is 6.42 Å². The molecule has 1 aliphatic heterocycles. The summed E-state index contributed by atoms with van der Waals surface area (Å²) in [5, 5.41) is 3.35. The summed E-state index contributed by atoms with van der Waals surface area (Å²) in [5.74, 6) is -2.02. The van der Waals surface area contributed by atoms with Gasteiger partial charge in [0.15, 0.2) is 6.61 Å². The topological polar surface area (TPSA) is 75.7 Å². The first-order valence-corrected chi connectivity index (χ1v) is 9.86. The number of nitrogens with one attached hydrogen (secondary N) is 1. The van der Waals surface area contributed by atoms with E-state index in [2.05, 4.69) is 21.2 Å². The molecule has 2 aromatic carbocycles. The molecule has 1 fully saturated rings. The van der Waals surface area contributed by atoms with Crippen molar-refractivity contribution in [2.75, 3.05) is 23.4 Å². The maximum Gasteiger partial charge on any atom is 0.311 e. The van der Waals surface area contributed by atoms with Crippen LogP contribution in [0, 0.1) is 5.92 Å². The fraction of sp³-hybridized carbons (Fsp3) is 0.211. The fourth-order valence-electron chi connectivity index (χ4n) is 2.80. The second-order valence-corrected chi connectivity index (χ2v) is 7.87. The van der Waals surface area contributed by atoms with E-state index in [1.165, 1.54) is 4.90 Å². The van der Waals surface area contributed by atoms with Gasteiger partial charge in [0.25, 0.3) is 5.91 Å². The standard InChI is InChI=1S/C19H15BrCl2N2O4/c20-12-5-6-15(14(22)8-12)23-17(25)10-28-19(27)11-7-18(26)24(9-11)16-4-2-1-3-13(16)21/h1-6,8,11H,7,9-10H2,(H,23,25). The van der Waals surface area contributed by atoms with Crippen molar-refractivity contribution < 1.29 is 19.1 Å². The first kappa shape index (κ1) is 20.6. The van der Waals surface area contributed by atoms with Crippen LogP contribution in [0.3, 0.4) is 0 Å². The number of carbonyl (C=O) groups excluding carboxylic acids is 3. The first-order valence-electron chi connectivity index (χ1n) is 8.31. The third-order valence-electron chi connectivity index (χ3n) is 4.15. The lowest BCUT2D eigenvalue weighted by Crippen LogP contribution is -2.28. The van der Waals surface area contributed by atoms with Gasteiger partial charge in [0.2, 0.25) is 5.91 Å². The van der Waals surface area contributed by atoms with Crippen LogP contribution in [-0.2, 0) is 19.1 Å². The van der Waals surface area contributed by atoms with Crippen LogP contribution in [-0.4, -0.2) is 30.9 Å². The molecule has 28 heavy (non-hydrogen) atoms. The van der Waals surface area contributed by atoms with E-state index in [-0.39, 0.29) is 18.9 Å². The van der Waals surface area contributed by atoms with E-state index in [0.717, 1.165) is 4.47 Å². The molecule has 1 unspecified atom stereocenters. The number of amides is 2. The summed E-state index contributed by atoms with van der Waals surface area (Å²) in [6.45, 7) is -0.316. The number of benzene rings is 2. The van der Waals surface area contributed by atoms with E-state index in [1.807, 2.05) is 0 Å². The summed E-state index contributed by atoms with van der Waals surface area (Å²) in [6.07, 6.45) is 0.00418. The number of para-hydroxylation sites is 1. The van der Waals surface area contributed by atoms with Crippen LogP contribution in [0.4, 0.5) is 11.4 Å². The van der Waals surface area contributed by atoms with Gasteiger partial charge in [-0.1, -0.05) is 51.3 Å². The van der Waals surface area contributed by atoms with Crippen LogP contribution in [0.15, 0.2) is 46.9 Å². The minimum absolute atomic E-state index is 0.00418. The largest absolute Gasteiger partial charge is 0.455 e. The number of hydrogen-bond donors (Lipinski definition) is 1. The number of anilines is 2. The van der Waals surface area contributed by atoms with Gasteiger partial charge in [-0.25, -0.2) is 0 Å². The van der Waals surface area contributed by atoms with Gasteiger partial charge in [0.1, 0.15) is 0 Å². The average molecular weight is 486 g/mol. The molecule has 1 aliphatic rings. The van der Waals surface area contributed by atoms with Gasteiger partial charge in [-0.3, -0.25) is 14.4 Å². The van der Waals surface area contributed by atoms with Gasteiger partial charge in [-0.2, -0.15) is 0 Å². The molecular weight excluding hydrogens is 471 g/mol. The fourth-order valence-corrected chi connectivity index (χ4v) is 3.76. The smallest absolute Gasteiger partial charge is 0.311 e. The van der Waals surface area contributed by atoms with Crippen LogP contribution >= 0.6 is 39.1 Å². The van der Waals surface area contributed by atoms with E-state index in [4.69, 9.17) is 27.9 Å². The molecule has 0 aliphatic carbocycles. The molecule has 9 heteroatoms. The van der Waals surface area contributed by atoms with Gasteiger partial charge in [0, 0.05) is 17.4 Å². The quantitative estimate of drug-likeness (QED) is 0.641. The molecule has 1 N–H and O–H groups in total. The van der Waals surface area contributed by atoms with E-state index >= 15 is 0 Å². The summed E-state index contributed by atoms with van der Waals surface area (Å²) < 4.78 is 5.85. The Morgan fingerprint density at radius 3 is 2.64 bits per heavy atom. The van der Waals surface area contributed by atoms with Gasteiger partial charge in [-0.05, 0) is 30.3 Å². The number of halogens is 3. The van der Waals surface area contributed by atoms with Crippen molar-refractivity contribution in [3.05, 3.63) is 57.0 Å². The maximum absolute atomic E-state index is 12.3. The molecule has 0 bridgehead atoms. The first-order chi connectivity index (χ1) is 13.3. The highest BCUT2D eigenvalue weighted by Gasteiger charge is 2.37. The molecule has 3 rings (SSSR count). The monoisotopic (exact) mass is 484 g/mol. The molecule has 1 atom stereocenters. The molecule has 0 spiro atoms. The van der Waals surface area contributed by atoms with Crippen molar-refractivity contribution in [1.29, 1.82) is 0 Å². The molecular formula is C19H15BrCl2N2O4. The minimum Gasteiger partial charge on any atom is -0.455 e. The number of esters is 1. The molecule has 0 saturated carbocycles. The number of rotatable bonds is 5. The van der Waals surface area contributed by atoms with Crippen molar-refractivity contribution >= 4 is 68.3 Å². The Bertz CT molecular complexity index is 938. The third-order valence-corrected chi connectivity index (χ3v) is 5.28. The minimum atomic E-state index is -0.659. The Balaban J connectivity index is 1.54. The Morgan fingerprint density at radius 1 is 1.18 bits per heavy atom. The summed E-state index contributed by atoms with van der Waals surface area (Å²) in [6, 6.07) is 11.9. The lowest BCUT2D eigenvalue weighted by atomic mass is 10.1. The average Bonchev–Trinajstić information content (AvgIpc) is 3.04. The van der Waals surface area contributed by atoms with Gasteiger partial charge in [-0.15, -0.1) is 0 Å². The van der Waals surface area contributed by atoms with Crippen LogP contribution in [0.2, 0.25) is 10.0 Å². The molecule has 1 saturated heterocycles. The second kappa shape index (κ2) is 8.94. The highest BCUT2D eigenvalue weighted by Crippen LogP contribution is 2.31. The van der Waals surface area contributed by atoms with Gasteiger partial charge >= 0.3 is 5.97 Å². The van der Waals surface area contributed by atoms with Crippen LogP contribution in [0.1, 0.15) is 6.42 Å². The van der Waals surface area contributed by atoms with E-state index < -0.39 is 24.4 Å². The molecule has 0 aromatic heterocycles. The zero-order valence-corrected chi connectivity index (χ0v) is 17.6. The summed E-state index contributed by atoms with van der Waals surface area (Å²) in [5.41, 5.74) is 0.957. The van der Waals surface area contributed by atoms with E-state index in [0.29, 0.717) is 21.4 Å². The number of ether oxygens (including phenoxy) is 1. The predicted molar refractivity (Wildman–Crippen MR) is 111 cm³/mol. The molecule has 2 aromatic rings. The Hall–Kier alpha value is -2.09. The molecule has 146 valence electrons. The van der Waals surface area contributed by atoms with Crippen LogP contribution in [0.5, 0.6) is 0 Å². The van der Waals surface area contributed by atoms with Crippen LogP contribution < -0.4 is 10.2 Å². The normalized spacial score (nSPS) is 16.2. The number of nitrogens with zero attached hydrogens (tertiary/aromatic N) is 1. The van der Waals surface area contributed by atoms with Gasteiger partial charge in [0.05, 0.1) is 27.3 Å². The maximum atomic E-state index is 12.3. The van der Waals surface area contributed by atoms with Crippen LogP contribution in [0.25, 0.3) is 0 Å². The SMILES string of the molecule is O=C(COC(=O)C1CC(=O)N(c2ccccc2Cl)C1)Nc1ccc(Br)cc1Cl. The summed E-state index contributed by atoms with van der Waals surface area (Å²) in [4.78, 5) is 38.0.